The maximum atomic E-state index is 12.3. The second-order valence-electron chi connectivity index (χ2n) is 7.47. The van der Waals surface area contributed by atoms with E-state index in [1.165, 1.54) is 0 Å². The molecule has 138 valence electrons. The number of carbonyl (C=O) groups is 2. The van der Waals surface area contributed by atoms with Crippen LogP contribution in [0, 0.1) is 0 Å². The highest BCUT2D eigenvalue weighted by molar-refractivity contribution is 5.96. The fraction of sp³-hybridized carbons (Fsp3) is 0.524. The molecule has 4 heteroatoms. The summed E-state index contributed by atoms with van der Waals surface area (Å²) in [7, 11) is 0. The summed E-state index contributed by atoms with van der Waals surface area (Å²) in [6, 6.07) is 6.51. The zero-order valence-electron chi connectivity index (χ0n) is 15.7. The van der Waals surface area contributed by atoms with Gasteiger partial charge in [-0.15, -0.1) is 6.58 Å². The maximum absolute atomic E-state index is 12.3. The molecule has 0 saturated heterocycles. The van der Waals surface area contributed by atoms with Crippen molar-refractivity contribution in [3.05, 3.63) is 48.0 Å². The van der Waals surface area contributed by atoms with Crippen molar-refractivity contribution in [2.75, 3.05) is 0 Å². The van der Waals surface area contributed by atoms with Crippen LogP contribution in [0.5, 0.6) is 0 Å². The van der Waals surface area contributed by atoms with Crippen LogP contribution in [0.1, 0.15) is 75.2 Å². The van der Waals surface area contributed by atoms with Crippen molar-refractivity contribution in [1.29, 1.82) is 0 Å². The minimum absolute atomic E-state index is 0.0181. The standard InChI is InChI=1S/C21H31NO3/c1-5-6-7-8-9-10-11-18(20(24)25)22-19(23)16-12-14-17(15-13-16)21(2,3)4/h5,12-15,18H,1,6-11H2,2-4H3,(H,22,23)(H,24,25)/t18-/m1/s1. The van der Waals surface area contributed by atoms with Gasteiger partial charge in [-0.2, -0.15) is 0 Å². The summed E-state index contributed by atoms with van der Waals surface area (Å²) in [4.78, 5) is 23.7. The number of carboxylic acids is 1. The highest BCUT2D eigenvalue weighted by atomic mass is 16.4. The lowest BCUT2D eigenvalue weighted by atomic mass is 9.86. The van der Waals surface area contributed by atoms with Crippen LogP contribution in [0.15, 0.2) is 36.9 Å². The van der Waals surface area contributed by atoms with Crippen molar-refractivity contribution in [2.45, 2.75) is 70.8 Å². The summed E-state index contributed by atoms with van der Waals surface area (Å²) in [6.07, 6.45) is 7.23. The first-order valence-electron chi connectivity index (χ1n) is 9.01. The first-order chi connectivity index (χ1) is 11.8. The van der Waals surface area contributed by atoms with Gasteiger partial charge < -0.3 is 10.4 Å². The number of rotatable bonds is 10. The van der Waals surface area contributed by atoms with Gasteiger partial charge in [0.15, 0.2) is 0 Å². The van der Waals surface area contributed by atoms with Crippen molar-refractivity contribution in [3.8, 4) is 0 Å². The Labute approximate surface area is 151 Å². The zero-order valence-corrected chi connectivity index (χ0v) is 15.7. The SMILES string of the molecule is C=CCCCCCC[C@@H](NC(=O)c1ccc(C(C)(C)C)cc1)C(=O)O. The lowest BCUT2D eigenvalue weighted by molar-refractivity contribution is -0.139. The Morgan fingerprint density at radius 1 is 1.12 bits per heavy atom. The molecule has 0 radical (unpaired) electrons. The van der Waals surface area contributed by atoms with E-state index < -0.39 is 12.0 Å². The number of amides is 1. The Bertz CT molecular complexity index is 570. The zero-order chi connectivity index (χ0) is 18.9. The fourth-order valence-corrected chi connectivity index (χ4v) is 2.61. The molecule has 0 spiro atoms. The lowest BCUT2D eigenvalue weighted by Crippen LogP contribution is -2.40. The Morgan fingerprint density at radius 3 is 2.24 bits per heavy atom. The van der Waals surface area contributed by atoms with Gasteiger partial charge in [0.2, 0.25) is 0 Å². The minimum Gasteiger partial charge on any atom is -0.480 e. The molecule has 0 bridgehead atoms. The van der Waals surface area contributed by atoms with Gasteiger partial charge in [0.25, 0.3) is 5.91 Å². The monoisotopic (exact) mass is 345 g/mol. The summed E-state index contributed by atoms with van der Waals surface area (Å²) in [6.45, 7) is 10.0. The number of aliphatic carboxylic acids is 1. The molecule has 1 atom stereocenters. The van der Waals surface area contributed by atoms with Crippen LogP contribution < -0.4 is 5.32 Å². The molecule has 0 aliphatic carbocycles. The van der Waals surface area contributed by atoms with Crippen molar-refractivity contribution in [2.24, 2.45) is 0 Å². The topological polar surface area (TPSA) is 66.4 Å². The average molecular weight is 345 g/mol. The van der Waals surface area contributed by atoms with Crippen LogP contribution in [-0.4, -0.2) is 23.0 Å². The van der Waals surface area contributed by atoms with E-state index in [2.05, 4.69) is 32.7 Å². The third kappa shape index (κ3) is 7.55. The molecule has 0 aromatic heterocycles. The van der Waals surface area contributed by atoms with E-state index in [0.29, 0.717) is 12.0 Å². The summed E-state index contributed by atoms with van der Waals surface area (Å²) < 4.78 is 0. The number of carboxylic acid groups (broad SMARTS) is 1. The molecular weight excluding hydrogens is 314 g/mol. The molecule has 0 fully saturated rings. The number of hydrogen-bond donors (Lipinski definition) is 2. The summed E-state index contributed by atoms with van der Waals surface area (Å²) >= 11 is 0. The van der Waals surface area contributed by atoms with E-state index in [1.807, 2.05) is 18.2 Å². The molecule has 0 aliphatic heterocycles. The van der Waals surface area contributed by atoms with Crippen molar-refractivity contribution in [1.82, 2.24) is 5.32 Å². The molecule has 4 nitrogen and oxygen atoms in total. The van der Waals surface area contributed by atoms with Gasteiger partial charge in [-0.3, -0.25) is 4.79 Å². The van der Waals surface area contributed by atoms with Crippen LogP contribution in [0.25, 0.3) is 0 Å². The van der Waals surface area contributed by atoms with E-state index >= 15 is 0 Å². The molecule has 0 saturated carbocycles. The van der Waals surface area contributed by atoms with E-state index in [1.54, 1.807) is 12.1 Å². The molecular formula is C21H31NO3. The molecule has 1 aromatic carbocycles. The number of nitrogens with one attached hydrogen (secondary N) is 1. The fourth-order valence-electron chi connectivity index (χ4n) is 2.61. The quantitative estimate of drug-likeness (QED) is 0.477. The van der Waals surface area contributed by atoms with Crippen molar-refractivity contribution in [3.63, 3.8) is 0 Å². The summed E-state index contributed by atoms with van der Waals surface area (Å²) in [5, 5.41) is 12.0. The van der Waals surface area contributed by atoms with E-state index in [4.69, 9.17) is 0 Å². The second-order valence-corrected chi connectivity index (χ2v) is 7.47. The third-order valence-corrected chi connectivity index (χ3v) is 4.27. The van der Waals surface area contributed by atoms with Gasteiger partial charge >= 0.3 is 5.97 Å². The minimum atomic E-state index is -0.981. The van der Waals surface area contributed by atoms with Crippen LogP contribution in [0.4, 0.5) is 0 Å². The van der Waals surface area contributed by atoms with Crippen molar-refractivity contribution < 1.29 is 14.7 Å². The smallest absolute Gasteiger partial charge is 0.326 e. The van der Waals surface area contributed by atoms with Crippen LogP contribution in [0.3, 0.4) is 0 Å². The number of carbonyl (C=O) groups excluding carboxylic acids is 1. The molecule has 1 rings (SSSR count). The molecule has 0 aliphatic rings. The number of benzene rings is 1. The Balaban J connectivity index is 2.55. The van der Waals surface area contributed by atoms with Crippen molar-refractivity contribution >= 4 is 11.9 Å². The van der Waals surface area contributed by atoms with E-state index in [-0.39, 0.29) is 11.3 Å². The maximum Gasteiger partial charge on any atom is 0.326 e. The van der Waals surface area contributed by atoms with E-state index in [0.717, 1.165) is 37.7 Å². The van der Waals surface area contributed by atoms with Gasteiger partial charge in [-0.25, -0.2) is 4.79 Å². The molecule has 0 heterocycles. The average Bonchev–Trinajstić information content (AvgIpc) is 2.55. The lowest BCUT2D eigenvalue weighted by Gasteiger charge is -2.19. The molecule has 1 aromatic rings. The Morgan fingerprint density at radius 2 is 1.72 bits per heavy atom. The number of hydrogen-bond acceptors (Lipinski definition) is 2. The largest absolute Gasteiger partial charge is 0.480 e. The van der Waals surface area contributed by atoms with Gasteiger partial charge in [-0.1, -0.05) is 58.2 Å². The third-order valence-electron chi connectivity index (χ3n) is 4.27. The Kier molecular flexibility index (Phi) is 8.39. The molecule has 0 unspecified atom stereocenters. The number of unbranched alkanes of at least 4 members (excludes halogenated alkanes) is 4. The summed E-state index contributed by atoms with van der Waals surface area (Å²) in [5.74, 6) is -1.31. The van der Waals surface area contributed by atoms with Crippen LogP contribution >= 0.6 is 0 Å². The van der Waals surface area contributed by atoms with Crippen LogP contribution in [-0.2, 0) is 10.2 Å². The highest BCUT2D eigenvalue weighted by Gasteiger charge is 2.20. The van der Waals surface area contributed by atoms with Gasteiger partial charge in [0.1, 0.15) is 6.04 Å². The van der Waals surface area contributed by atoms with Crippen LogP contribution in [0.2, 0.25) is 0 Å². The van der Waals surface area contributed by atoms with Gasteiger partial charge in [0.05, 0.1) is 0 Å². The van der Waals surface area contributed by atoms with E-state index in [9.17, 15) is 14.7 Å². The first-order valence-corrected chi connectivity index (χ1v) is 9.01. The first kappa shape index (κ1) is 20.9. The molecule has 1 amide bonds. The van der Waals surface area contributed by atoms with Gasteiger partial charge in [0, 0.05) is 5.56 Å². The normalized spacial score (nSPS) is 12.4. The number of allylic oxidation sites excluding steroid dienone is 1. The molecule has 2 N–H and O–H groups in total. The Hall–Kier alpha value is -2.10. The predicted molar refractivity (Wildman–Crippen MR) is 102 cm³/mol. The molecule has 25 heavy (non-hydrogen) atoms. The second kappa shape index (κ2) is 10.0. The summed E-state index contributed by atoms with van der Waals surface area (Å²) in [5.41, 5.74) is 1.65. The highest BCUT2D eigenvalue weighted by Crippen LogP contribution is 2.22. The van der Waals surface area contributed by atoms with Gasteiger partial charge in [-0.05, 0) is 42.4 Å². The predicted octanol–water partition coefficient (Wildman–Crippen LogP) is 4.69.